The Balaban J connectivity index is 0. The highest BCUT2D eigenvalue weighted by atomic mass is 32.1. The lowest BCUT2D eigenvalue weighted by Gasteiger charge is -2.30. The minimum atomic E-state index is 0. The lowest BCUT2D eigenvalue weighted by molar-refractivity contribution is 0.493. The van der Waals surface area contributed by atoms with Crippen molar-refractivity contribution in [2.24, 2.45) is 10.8 Å². The van der Waals surface area contributed by atoms with E-state index in [4.69, 9.17) is 12.2 Å². The summed E-state index contributed by atoms with van der Waals surface area (Å²) in [4.78, 5) is 1.15. The van der Waals surface area contributed by atoms with Crippen molar-refractivity contribution in [3.05, 3.63) is 0 Å². The van der Waals surface area contributed by atoms with Gasteiger partial charge in [0.1, 0.15) is 0 Å². The SMILES string of the molecule is C.CC(C)(C)C(=S)C(C)(C)C. The van der Waals surface area contributed by atoms with E-state index in [1.54, 1.807) is 0 Å². The highest BCUT2D eigenvalue weighted by Gasteiger charge is 2.27. The minimum Gasteiger partial charge on any atom is -0.0885 e. The van der Waals surface area contributed by atoms with Gasteiger partial charge in [0.15, 0.2) is 0 Å². The van der Waals surface area contributed by atoms with Crippen molar-refractivity contribution in [2.45, 2.75) is 49.0 Å². The molecule has 0 fully saturated rings. The van der Waals surface area contributed by atoms with Crippen LogP contribution in [0.25, 0.3) is 0 Å². The van der Waals surface area contributed by atoms with Crippen LogP contribution in [0.3, 0.4) is 0 Å². The average Bonchev–Trinajstić information content (AvgIpc) is 1.59. The van der Waals surface area contributed by atoms with Crippen LogP contribution < -0.4 is 0 Å². The summed E-state index contributed by atoms with van der Waals surface area (Å²) in [6, 6.07) is 0. The molecular formula is C10H22S. The monoisotopic (exact) mass is 174 g/mol. The molecule has 68 valence electrons. The Labute approximate surface area is 77.4 Å². The Kier molecular flexibility index (Phi) is 4.55. The van der Waals surface area contributed by atoms with Gasteiger partial charge in [0.05, 0.1) is 0 Å². The van der Waals surface area contributed by atoms with Crippen molar-refractivity contribution in [1.82, 2.24) is 0 Å². The third-order valence-electron chi connectivity index (χ3n) is 1.36. The summed E-state index contributed by atoms with van der Waals surface area (Å²) < 4.78 is 0. The Morgan fingerprint density at radius 1 is 0.818 bits per heavy atom. The van der Waals surface area contributed by atoms with Gasteiger partial charge in [-0.25, -0.2) is 0 Å². The first-order valence-electron chi connectivity index (χ1n) is 3.70. The Morgan fingerprint density at radius 2 is 1.00 bits per heavy atom. The fourth-order valence-corrected chi connectivity index (χ4v) is 1.12. The Bertz CT molecular complexity index is 116. The first-order chi connectivity index (χ1) is 4.15. The first-order valence-corrected chi connectivity index (χ1v) is 4.11. The van der Waals surface area contributed by atoms with Gasteiger partial charge in [0.25, 0.3) is 0 Å². The van der Waals surface area contributed by atoms with E-state index < -0.39 is 0 Å². The van der Waals surface area contributed by atoms with Crippen molar-refractivity contribution in [1.29, 1.82) is 0 Å². The number of rotatable bonds is 0. The zero-order valence-corrected chi connectivity index (χ0v) is 8.72. The molecule has 0 bridgehead atoms. The summed E-state index contributed by atoms with van der Waals surface area (Å²) in [5.41, 5.74) is 0.348. The van der Waals surface area contributed by atoms with Crippen molar-refractivity contribution in [2.75, 3.05) is 0 Å². The van der Waals surface area contributed by atoms with Gasteiger partial charge in [0.2, 0.25) is 0 Å². The fourth-order valence-electron chi connectivity index (χ4n) is 1.12. The van der Waals surface area contributed by atoms with Gasteiger partial charge in [-0.05, 0) is 10.8 Å². The van der Waals surface area contributed by atoms with Crippen molar-refractivity contribution in [3.8, 4) is 0 Å². The molecule has 0 nitrogen and oxygen atoms in total. The molecule has 0 aliphatic rings. The summed E-state index contributed by atoms with van der Waals surface area (Å²) in [5, 5.41) is 0. The molecule has 0 radical (unpaired) electrons. The smallest absolute Gasteiger partial charge is 0.00354 e. The highest BCUT2D eigenvalue weighted by molar-refractivity contribution is 7.80. The molecule has 0 amide bonds. The average molecular weight is 174 g/mol. The quantitative estimate of drug-likeness (QED) is 0.499. The third kappa shape index (κ3) is 4.52. The zero-order valence-electron chi connectivity index (χ0n) is 7.91. The fraction of sp³-hybridized carbons (Fsp3) is 0.900. The van der Waals surface area contributed by atoms with Gasteiger partial charge < -0.3 is 0 Å². The molecule has 1 heteroatoms. The molecule has 0 saturated carbocycles. The second-order valence-electron chi connectivity index (χ2n) is 4.83. The van der Waals surface area contributed by atoms with E-state index in [1.807, 2.05) is 0 Å². The second kappa shape index (κ2) is 3.66. The summed E-state index contributed by atoms with van der Waals surface area (Å²) in [5.74, 6) is 0. The van der Waals surface area contributed by atoms with Gasteiger partial charge in [-0.1, -0.05) is 61.2 Å². The summed E-state index contributed by atoms with van der Waals surface area (Å²) in [7, 11) is 0. The lowest BCUT2D eigenvalue weighted by Crippen LogP contribution is -2.30. The van der Waals surface area contributed by atoms with Crippen LogP contribution in [0.4, 0.5) is 0 Å². The molecule has 0 aromatic heterocycles. The normalized spacial score (nSPS) is 12.2. The molecule has 0 aliphatic heterocycles. The van der Waals surface area contributed by atoms with Crippen LogP contribution in [0.15, 0.2) is 0 Å². The van der Waals surface area contributed by atoms with E-state index in [0.29, 0.717) is 0 Å². The number of thiocarbonyl (C=S) groups is 1. The maximum Gasteiger partial charge on any atom is 0.00354 e. The molecule has 0 saturated heterocycles. The largest absolute Gasteiger partial charge is 0.0885 e. The Hall–Kier alpha value is 0.0900. The summed E-state index contributed by atoms with van der Waals surface area (Å²) in [6.45, 7) is 13.0. The molecule has 0 N–H and O–H groups in total. The van der Waals surface area contributed by atoms with Gasteiger partial charge in [-0.15, -0.1) is 0 Å². The molecule has 0 heterocycles. The van der Waals surface area contributed by atoms with Gasteiger partial charge in [-0.2, -0.15) is 0 Å². The van der Waals surface area contributed by atoms with E-state index in [2.05, 4.69) is 41.5 Å². The van der Waals surface area contributed by atoms with Crippen molar-refractivity contribution < 1.29 is 0 Å². The van der Waals surface area contributed by atoms with Gasteiger partial charge >= 0.3 is 0 Å². The topological polar surface area (TPSA) is 0 Å². The first kappa shape index (κ1) is 13.7. The van der Waals surface area contributed by atoms with Crippen molar-refractivity contribution >= 4 is 17.1 Å². The maximum absolute atomic E-state index is 5.33. The molecule has 11 heavy (non-hydrogen) atoms. The number of hydrogen-bond acceptors (Lipinski definition) is 1. The standard InChI is InChI=1S/C9H18S.CH4/c1-8(2,3)7(10)9(4,5)6;/h1-6H3;1H4. The third-order valence-corrected chi connectivity index (χ3v) is 2.59. The summed E-state index contributed by atoms with van der Waals surface area (Å²) >= 11 is 5.33. The predicted octanol–water partition coefficient (Wildman–Crippen LogP) is 4.08. The van der Waals surface area contributed by atoms with Gasteiger partial charge in [0, 0.05) is 4.86 Å². The maximum atomic E-state index is 5.33. The van der Waals surface area contributed by atoms with Crippen molar-refractivity contribution in [3.63, 3.8) is 0 Å². The molecule has 0 aromatic rings. The van der Waals surface area contributed by atoms with E-state index in [0.717, 1.165) is 4.86 Å². The highest BCUT2D eigenvalue weighted by Crippen LogP contribution is 2.29. The molecule has 0 aliphatic carbocycles. The Morgan fingerprint density at radius 3 is 1.00 bits per heavy atom. The molecule has 0 unspecified atom stereocenters. The molecular weight excluding hydrogens is 152 g/mol. The van der Waals surface area contributed by atoms with Crippen LogP contribution in [0, 0.1) is 10.8 Å². The van der Waals surface area contributed by atoms with Crippen LogP contribution in [0.5, 0.6) is 0 Å². The van der Waals surface area contributed by atoms with E-state index in [1.165, 1.54) is 0 Å². The minimum absolute atomic E-state index is 0. The van der Waals surface area contributed by atoms with E-state index in [9.17, 15) is 0 Å². The van der Waals surface area contributed by atoms with Crippen LogP contribution in [0.2, 0.25) is 0 Å². The lowest BCUT2D eigenvalue weighted by atomic mass is 9.77. The van der Waals surface area contributed by atoms with Crippen LogP contribution >= 0.6 is 12.2 Å². The molecule has 0 aromatic carbocycles. The van der Waals surface area contributed by atoms with E-state index >= 15 is 0 Å². The van der Waals surface area contributed by atoms with Crippen LogP contribution in [0.1, 0.15) is 49.0 Å². The van der Waals surface area contributed by atoms with Crippen LogP contribution in [-0.4, -0.2) is 4.86 Å². The van der Waals surface area contributed by atoms with Gasteiger partial charge in [-0.3, -0.25) is 0 Å². The number of hydrogen-bond donors (Lipinski definition) is 0. The zero-order chi connectivity index (χ0) is 8.58. The molecule has 0 rings (SSSR count). The second-order valence-corrected chi connectivity index (χ2v) is 5.24. The van der Waals surface area contributed by atoms with E-state index in [-0.39, 0.29) is 18.3 Å². The molecule has 0 atom stereocenters. The predicted molar refractivity (Wildman–Crippen MR) is 58.2 cm³/mol. The molecule has 0 spiro atoms. The summed E-state index contributed by atoms with van der Waals surface area (Å²) in [6.07, 6.45) is 0. The van der Waals surface area contributed by atoms with Crippen LogP contribution in [-0.2, 0) is 0 Å².